The smallest absolute Gasteiger partial charge is 0.242 e. The van der Waals surface area contributed by atoms with Crippen LogP contribution >= 0.6 is 11.8 Å². The maximum absolute atomic E-state index is 14.2. The molecule has 0 radical (unpaired) electrons. The zero-order valence-corrected chi connectivity index (χ0v) is 35.9. The number of carbonyl (C=O) groups is 5. The number of aliphatic hydroxyl groups excluding tert-OH is 3. The molecule has 0 saturated carbocycles. The van der Waals surface area contributed by atoms with Crippen LogP contribution < -0.4 is 10.2 Å². The van der Waals surface area contributed by atoms with Gasteiger partial charge in [-0.05, 0) is 25.8 Å². The number of ether oxygens (including phenoxy) is 4. The maximum atomic E-state index is 14.2. The number of phenols is 2. The Morgan fingerprint density at radius 1 is 1.03 bits per heavy atom. The number of hydrogen-bond acceptors (Lipinski definition) is 18. The number of hydrogen-bond donors (Lipinski definition) is 7. The van der Waals surface area contributed by atoms with E-state index in [1.807, 2.05) is 0 Å². The molecule has 20 heteroatoms. The van der Waals surface area contributed by atoms with Gasteiger partial charge in [0.15, 0.2) is 12.1 Å². The zero-order valence-electron chi connectivity index (χ0n) is 35.1. The number of benzene rings is 2. The number of nitrogens with one attached hydrogen (secondary N) is 1. The molecule has 3 fully saturated rings. The first-order chi connectivity index (χ1) is 30.2. The van der Waals surface area contributed by atoms with E-state index >= 15 is 0 Å². The number of unbranched alkanes of at least 4 members (excludes halogenated alkanes) is 2. The fourth-order valence-electron chi connectivity index (χ4n) is 9.24. The molecule has 3 amide bonds. The minimum atomic E-state index is -2.17. The van der Waals surface area contributed by atoms with Crippen LogP contribution in [0.1, 0.15) is 101 Å². The van der Waals surface area contributed by atoms with E-state index in [0.29, 0.717) is 51.3 Å². The Morgan fingerprint density at radius 3 is 2.49 bits per heavy atom. The van der Waals surface area contributed by atoms with Crippen LogP contribution in [0.25, 0.3) is 0 Å². The second-order valence-electron chi connectivity index (χ2n) is 16.4. The molecule has 3 saturated heterocycles. The lowest BCUT2D eigenvalue weighted by molar-refractivity contribution is -0.259. The van der Waals surface area contributed by atoms with E-state index in [4.69, 9.17) is 24.1 Å². The summed E-state index contributed by atoms with van der Waals surface area (Å²) in [7, 11) is 1.33. The van der Waals surface area contributed by atoms with Crippen LogP contribution in [-0.2, 0) is 35.0 Å². The van der Waals surface area contributed by atoms with Crippen LogP contribution in [0.4, 0.5) is 0 Å². The van der Waals surface area contributed by atoms with E-state index in [1.165, 1.54) is 42.0 Å². The van der Waals surface area contributed by atoms with Gasteiger partial charge < -0.3 is 49.6 Å². The Balaban J connectivity index is 1.13. The Labute approximate surface area is 367 Å². The summed E-state index contributed by atoms with van der Waals surface area (Å²) in [6.07, 6.45) is -3.52. The lowest BCUT2D eigenvalue weighted by Gasteiger charge is -2.46. The number of morpholine rings is 1. The third-order valence-electron chi connectivity index (χ3n) is 12.5. The molecular weight excluding hydrogens is 845 g/mol. The number of phenolic OH excluding ortho intramolecular Hbond substituents is 2. The number of methoxy groups -OCH3 is 1. The highest BCUT2D eigenvalue weighted by molar-refractivity contribution is 8.00. The lowest BCUT2D eigenvalue weighted by Crippen LogP contribution is -2.58. The number of amides is 3. The van der Waals surface area contributed by atoms with Gasteiger partial charge in [0.05, 0.1) is 79.5 Å². The standard InChI is InChI=1S/C43H54N4O15S/c1-22-37(52)25(46-11-14-60-15-12-46)17-32(61-22)62-27-20-43(58,29(21-49)44-45-30(50)9-4-3-5-10-47-31(51)18-28(42(47)57)63-16-13-48)19-24-34(27)41(56)36-35(39(24)54)38(53)23-7-6-8-26(59-2)33(23)40(36)55/h6-8,22,25,27-28,32,37,48-49,52,54,56,58H,3-5,9-21H2,1-2H3,(H,45,50)/b44-29+/t22-,25-,27-,28?,32-,37+,43-/m0/s1. The molecule has 2 aromatic rings. The number of fused-ring (bicyclic) bond motifs is 3. The number of likely N-dealkylation sites (tertiary alicyclic amines) is 1. The topological polar surface area (TPSA) is 275 Å². The summed E-state index contributed by atoms with van der Waals surface area (Å²) in [4.78, 5) is 69.4. The van der Waals surface area contributed by atoms with E-state index in [9.17, 15) is 49.5 Å². The van der Waals surface area contributed by atoms with Crippen LogP contribution in [0.5, 0.6) is 17.2 Å². The minimum Gasteiger partial charge on any atom is -0.507 e. The first-order valence-electron chi connectivity index (χ1n) is 21.2. The van der Waals surface area contributed by atoms with Gasteiger partial charge in [0.1, 0.15) is 22.8 Å². The van der Waals surface area contributed by atoms with Gasteiger partial charge >= 0.3 is 0 Å². The molecule has 2 aliphatic carbocycles. The summed E-state index contributed by atoms with van der Waals surface area (Å²) in [5.41, 5.74) is -1.54. The van der Waals surface area contributed by atoms with Gasteiger partial charge in [0, 0.05) is 80.2 Å². The second-order valence-corrected chi connectivity index (χ2v) is 17.7. The van der Waals surface area contributed by atoms with Crippen molar-refractivity contribution in [2.24, 2.45) is 5.10 Å². The van der Waals surface area contributed by atoms with Crippen LogP contribution in [0.3, 0.4) is 0 Å². The molecule has 7 atom stereocenters. The number of thioether (sulfide) groups is 1. The number of ketones is 2. The predicted octanol–water partition coefficient (Wildman–Crippen LogP) is 0.691. The van der Waals surface area contributed by atoms with Gasteiger partial charge in [-0.1, -0.05) is 18.6 Å². The van der Waals surface area contributed by atoms with Gasteiger partial charge in [-0.15, -0.1) is 11.8 Å². The predicted molar refractivity (Wildman–Crippen MR) is 224 cm³/mol. The molecule has 3 aliphatic heterocycles. The summed E-state index contributed by atoms with van der Waals surface area (Å²) in [6, 6.07) is 3.96. The molecule has 1 unspecified atom stereocenters. The Bertz CT molecular complexity index is 2150. The largest absolute Gasteiger partial charge is 0.507 e. The summed E-state index contributed by atoms with van der Waals surface area (Å²) in [6.45, 7) is 2.92. The molecule has 7 N–H and O–H groups in total. The molecule has 19 nitrogen and oxygen atoms in total. The summed E-state index contributed by atoms with van der Waals surface area (Å²) in [5, 5.41) is 70.8. The Kier molecular flexibility index (Phi) is 14.5. The molecule has 5 aliphatic rings. The normalized spacial score (nSPS) is 27.6. The van der Waals surface area contributed by atoms with Crippen molar-refractivity contribution in [2.75, 3.05) is 58.9 Å². The van der Waals surface area contributed by atoms with E-state index < -0.39 is 101 Å². The molecule has 0 aromatic heterocycles. The number of carbonyl (C=O) groups excluding carboxylic acids is 5. The van der Waals surface area contributed by atoms with E-state index in [0.717, 1.165) is 0 Å². The highest BCUT2D eigenvalue weighted by Crippen LogP contribution is 2.53. The van der Waals surface area contributed by atoms with Crippen molar-refractivity contribution in [3.05, 3.63) is 51.6 Å². The Morgan fingerprint density at radius 2 is 1.78 bits per heavy atom. The number of imide groups is 1. The first-order valence-corrected chi connectivity index (χ1v) is 22.2. The maximum Gasteiger partial charge on any atom is 0.242 e. The Hall–Kier alpha value is -4.51. The van der Waals surface area contributed by atoms with Gasteiger partial charge in [-0.2, -0.15) is 5.10 Å². The van der Waals surface area contributed by atoms with Crippen LogP contribution in [-0.4, -0.2) is 170 Å². The quantitative estimate of drug-likeness (QED) is 0.0343. The minimum absolute atomic E-state index is 0.0252. The third kappa shape index (κ3) is 9.23. The zero-order chi connectivity index (χ0) is 45.2. The van der Waals surface area contributed by atoms with Crippen LogP contribution in [0.2, 0.25) is 0 Å². The number of rotatable bonds is 16. The van der Waals surface area contributed by atoms with Crippen LogP contribution in [0, 0.1) is 0 Å². The van der Waals surface area contributed by atoms with Gasteiger partial charge in [-0.3, -0.25) is 33.8 Å². The number of aromatic hydroxyl groups is 2. The highest BCUT2D eigenvalue weighted by atomic mass is 32.2. The fourth-order valence-corrected chi connectivity index (χ4v) is 10.2. The average Bonchev–Trinajstić information content (AvgIpc) is 3.54. The second kappa shape index (κ2) is 19.7. The van der Waals surface area contributed by atoms with E-state index in [2.05, 4.69) is 15.4 Å². The van der Waals surface area contributed by atoms with Crippen molar-refractivity contribution in [3.8, 4) is 17.2 Å². The third-order valence-corrected chi connectivity index (χ3v) is 13.7. The van der Waals surface area contributed by atoms with Crippen molar-refractivity contribution in [1.82, 2.24) is 15.2 Å². The average molecular weight is 899 g/mol. The summed E-state index contributed by atoms with van der Waals surface area (Å²) < 4.78 is 23.5. The molecular formula is C43H54N4O15S. The van der Waals surface area contributed by atoms with Crippen LogP contribution in [0.15, 0.2) is 23.3 Å². The molecule has 63 heavy (non-hydrogen) atoms. The SMILES string of the molecule is COc1cccc2c1C(=O)c1c(O)c3c(c(O)c1C2=O)C[C@@](O)(/C(CO)=N/NC(=O)CCCCCN1C(=O)CC(SCCO)C1=O)C[C@@H]3O[C@H]1C[C@H](N2CCOCC2)[C@H](O)[C@H](C)O1. The van der Waals surface area contributed by atoms with Crippen molar-refractivity contribution >= 4 is 46.8 Å². The van der Waals surface area contributed by atoms with E-state index in [1.54, 1.807) is 6.92 Å². The monoisotopic (exact) mass is 898 g/mol. The summed E-state index contributed by atoms with van der Waals surface area (Å²) in [5.74, 6) is -3.63. The van der Waals surface area contributed by atoms with Gasteiger partial charge in [0.2, 0.25) is 23.5 Å². The molecule has 342 valence electrons. The molecule has 2 aromatic carbocycles. The molecule has 3 heterocycles. The van der Waals surface area contributed by atoms with Crippen molar-refractivity contribution in [1.29, 1.82) is 0 Å². The number of aliphatic hydroxyl groups is 4. The first kappa shape index (κ1) is 46.5. The number of hydrazone groups is 1. The van der Waals surface area contributed by atoms with Crippen molar-refractivity contribution < 1.29 is 73.6 Å². The lowest BCUT2D eigenvalue weighted by atomic mass is 9.71. The fraction of sp³-hybridized carbons (Fsp3) is 0.581. The molecule has 7 rings (SSSR count). The molecule has 0 bridgehead atoms. The van der Waals surface area contributed by atoms with Gasteiger partial charge in [0.25, 0.3) is 0 Å². The van der Waals surface area contributed by atoms with Crippen molar-refractivity contribution in [2.45, 2.75) is 99.8 Å². The van der Waals surface area contributed by atoms with Crippen molar-refractivity contribution in [3.63, 3.8) is 0 Å². The van der Waals surface area contributed by atoms with E-state index in [-0.39, 0.29) is 77.9 Å². The molecule has 0 spiro atoms. The van der Waals surface area contributed by atoms with Gasteiger partial charge in [-0.25, -0.2) is 5.43 Å². The highest BCUT2D eigenvalue weighted by Gasteiger charge is 2.50. The number of nitrogens with zero attached hydrogens (tertiary/aromatic N) is 3. The summed E-state index contributed by atoms with van der Waals surface area (Å²) >= 11 is 1.24.